The van der Waals surface area contributed by atoms with Crippen LogP contribution in [0.25, 0.3) is 10.9 Å². The zero-order valence-electron chi connectivity index (χ0n) is 15.0. The smallest absolute Gasteiger partial charge is 0.423 e. The van der Waals surface area contributed by atoms with Crippen LogP contribution in [0, 0.1) is 5.82 Å². The third-order valence-electron chi connectivity index (χ3n) is 4.78. The molecular formula is C18H22ClFN4O3. The lowest BCUT2D eigenvalue weighted by Crippen LogP contribution is -2.44. The maximum atomic E-state index is 14.3. The minimum absolute atomic E-state index is 0.0949. The molecule has 9 heteroatoms. The highest BCUT2D eigenvalue weighted by Gasteiger charge is 2.21. The van der Waals surface area contributed by atoms with Crippen molar-refractivity contribution < 1.29 is 18.8 Å². The molecule has 1 saturated heterocycles. The van der Waals surface area contributed by atoms with E-state index in [1.54, 1.807) is 6.07 Å². The van der Waals surface area contributed by atoms with E-state index in [1.807, 2.05) is 0 Å². The number of nitrogens with two attached hydrogens (primary N) is 1. The van der Waals surface area contributed by atoms with Crippen LogP contribution in [0.2, 0.25) is 5.02 Å². The fraction of sp³-hybridized carbons (Fsp3) is 0.444. The number of piperidine rings is 1. The summed E-state index contributed by atoms with van der Waals surface area (Å²) >= 11 is 6.35. The number of methoxy groups -OCH3 is 1. The number of pyridine rings is 1. The number of carbonyl (C=O) groups excluding carboxylic acids is 1. The number of amides is 1. The van der Waals surface area contributed by atoms with Crippen molar-refractivity contribution in [2.75, 3.05) is 26.7 Å². The van der Waals surface area contributed by atoms with E-state index in [2.05, 4.69) is 20.2 Å². The lowest BCUT2D eigenvalue weighted by molar-refractivity contribution is 0.0537. The molecule has 1 amide bonds. The number of nitrogens with one attached hydrogen (secondary N) is 1. The largest absolute Gasteiger partial charge is 0.497 e. The van der Waals surface area contributed by atoms with Crippen molar-refractivity contribution in [1.29, 1.82) is 0 Å². The normalized spacial score (nSPS) is 15.8. The van der Waals surface area contributed by atoms with E-state index in [0.29, 0.717) is 28.1 Å². The Balaban J connectivity index is 1.66. The third-order valence-corrected chi connectivity index (χ3v) is 5.11. The molecule has 1 aromatic carbocycles. The molecular weight excluding hydrogens is 375 g/mol. The molecule has 0 saturated carbocycles. The summed E-state index contributed by atoms with van der Waals surface area (Å²) in [5.41, 5.74) is 8.79. The van der Waals surface area contributed by atoms with Gasteiger partial charge in [0.05, 0.1) is 12.1 Å². The number of halogens is 2. The van der Waals surface area contributed by atoms with Crippen LogP contribution in [0.1, 0.15) is 18.4 Å². The van der Waals surface area contributed by atoms with E-state index in [9.17, 15) is 9.18 Å². The third kappa shape index (κ3) is 4.77. The van der Waals surface area contributed by atoms with Crippen LogP contribution in [0.4, 0.5) is 9.18 Å². The number of nitrogens with zero attached hydrogens (tertiary/aromatic N) is 2. The van der Waals surface area contributed by atoms with Crippen molar-refractivity contribution in [3.8, 4) is 5.75 Å². The number of aromatic nitrogens is 1. The minimum atomic E-state index is -0.834. The van der Waals surface area contributed by atoms with Crippen molar-refractivity contribution in [1.82, 2.24) is 15.4 Å². The van der Waals surface area contributed by atoms with E-state index in [4.69, 9.17) is 22.1 Å². The Kier molecular flexibility index (Phi) is 6.30. The van der Waals surface area contributed by atoms with Crippen LogP contribution >= 0.6 is 11.6 Å². The Morgan fingerprint density at radius 2 is 2.19 bits per heavy atom. The van der Waals surface area contributed by atoms with Crippen LogP contribution in [-0.2, 0) is 11.3 Å². The van der Waals surface area contributed by atoms with E-state index in [1.165, 1.54) is 19.4 Å². The first-order chi connectivity index (χ1) is 13.0. The van der Waals surface area contributed by atoms with Crippen molar-refractivity contribution in [2.24, 2.45) is 5.73 Å². The lowest BCUT2D eigenvalue weighted by atomic mass is 10.0. The molecule has 0 radical (unpaired) electrons. The first-order valence-corrected chi connectivity index (χ1v) is 9.10. The summed E-state index contributed by atoms with van der Waals surface area (Å²) in [6.45, 7) is 2.47. The number of fused-ring (bicyclic) bond motifs is 1. The van der Waals surface area contributed by atoms with Gasteiger partial charge >= 0.3 is 6.09 Å². The number of ether oxygens (including phenoxy) is 1. The molecule has 1 fully saturated rings. The number of hydrogen-bond acceptors (Lipinski definition) is 6. The summed E-state index contributed by atoms with van der Waals surface area (Å²) in [5, 5.41) is 1.19. The predicted octanol–water partition coefficient (Wildman–Crippen LogP) is 2.64. The Morgan fingerprint density at radius 1 is 1.44 bits per heavy atom. The fourth-order valence-corrected chi connectivity index (χ4v) is 3.57. The van der Waals surface area contributed by atoms with Gasteiger partial charge in [0.15, 0.2) is 5.82 Å². The summed E-state index contributed by atoms with van der Waals surface area (Å²) in [5.74, 6) is 0.00950. The quantitative estimate of drug-likeness (QED) is 0.729. The van der Waals surface area contributed by atoms with Crippen LogP contribution in [0.5, 0.6) is 5.75 Å². The molecule has 0 unspecified atom stereocenters. The van der Waals surface area contributed by atoms with Gasteiger partial charge in [-0.2, -0.15) is 0 Å². The first-order valence-electron chi connectivity index (χ1n) is 8.72. The van der Waals surface area contributed by atoms with Crippen LogP contribution in [0.3, 0.4) is 0 Å². The highest BCUT2D eigenvalue weighted by atomic mass is 35.5. The molecule has 1 aliphatic rings. The van der Waals surface area contributed by atoms with Gasteiger partial charge in [0.25, 0.3) is 0 Å². The molecule has 1 aliphatic heterocycles. The van der Waals surface area contributed by atoms with E-state index < -0.39 is 11.9 Å². The Hall–Kier alpha value is -2.16. The molecule has 0 aliphatic carbocycles. The number of rotatable bonds is 6. The van der Waals surface area contributed by atoms with Crippen molar-refractivity contribution in [2.45, 2.75) is 25.3 Å². The second-order valence-corrected chi connectivity index (χ2v) is 6.90. The fourth-order valence-electron chi connectivity index (χ4n) is 3.32. The van der Waals surface area contributed by atoms with E-state index in [0.717, 1.165) is 38.0 Å². The van der Waals surface area contributed by atoms with Crippen LogP contribution in [0.15, 0.2) is 18.3 Å². The van der Waals surface area contributed by atoms with Crippen LogP contribution < -0.4 is 16.0 Å². The van der Waals surface area contributed by atoms with Crippen molar-refractivity contribution in [3.63, 3.8) is 0 Å². The van der Waals surface area contributed by atoms with Gasteiger partial charge in [-0.3, -0.25) is 4.98 Å². The van der Waals surface area contributed by atoms with Crippen LogP contribution in [-0.4, -0.2) is 48.8 Å². The Labute approximate surface area is 161 Å². The highest BCUT2D eigenvalue weighted by molar-refractivity contribution is 6.32. The Bertz CT molecular complexity index is 828. The monoisotopic (exact) mass is 396 g/mol. The molecule has 2 aromatic rings. The van der Waals surface area contributed by atoms with E-state index >= 15 is 0 Å². The molecule has 0 bridgehead atoms. The molecule has 0 atom stereocenters. The summed E-state index contributed by atoms with van der Waals surface area (Å²) in [6.07, 6.45) is 2.99. The number of hydroxylamine groups is 1. The van der Waals surface area contributed by atoms with Gasteiger partial charge in [0.1, 0.15) is 11.3 Å². The summed E-state index contributed by atoms with van der Waals surface area (Å²) < 4.78 is 19.4. The summed E-state index contributed by atoms with van der Waals surface area (Å²) in [6, 6.07) is 3.18. The van der Waals surface area contributed by atoms with Gasteiger partial charge in [-0.15, -0.1) is 5.48 Å². The number of carbonyl (C=O) groups is 1. The minimum Gasteiger partial charge on any atom is -0.497 e. The SMILES string of the molecule is COc1cc(F)c2ncc(Cl)c(CCN3CCC(NOC(N)=O)CC3)c2c1. The lowest BCUT2D eigenvalue weighted by Gasteiger charge is -2.31. The molecule has 0 spiro atoms. The summed E-state index contributed by atoms with van der Waals surface area (Å²) in [4.78, 5) is 21.7. The van der Waals surface area contributed by atoms with Gasteiger partial charge in [0.2, 0.25) is 0 Å². The Morgan fingerprint density at radius 3 is 2.85 bits per heavy atom. The zero-order chi connectivity index (χ0) is 19.4. The van der Waals surface area contributed by atoms with Gasteiger partial charge in [-0.05, 0) is 44.0 Å². The molecule has 1 aromatic heterocycles. The molecule has 2 heterocycles. The average molecular weight is 397 g/mol. The van der Waals surface area contributed by atoms with Gasteiger partial charge in [-0.1, -0.05) is 11.6 Å². The second-order valence-electron chi connectivity index (χ2n) is 6.49. The van der Waals surface area contributed by atoms with Crippen molar-refractivity contribution >= 4 is 28.6 Å². The molecule has 27 heavy (non-hydrogen) atoms. The number of likely N-dealkylation sites (tertiary alicyclic amines) is 1. The molecule has 146 valence electrons. The number of hydrogen-bond donors (Lipinski definition) is 2. The highest BCUT2D eigenvalue weighted by Crippen LogP contribution is 2.30. The first kappa shape index (κ1) is 19.6. The number of benzene rings is 1. The van der Waals surface area contributed by atoms with Crippen molar-refractivity contribution in [3.05, 3.63) is 34.7 Å². The molecule has 3 N–H and O–H groups in total. The molecule has 3 rings (SSSR count). The van der Waals surface area contributed by atoms with Gasteiger partial charge < -0.3 is 20.2 Å². The van der Waals surface area contributed by atoms with Gasteiger partial charge in [0, 0.05) is 30.2 Å². The topological polar surface area (TPSA) is 89.7 Å². The van der Waals surface area contributed by atoms with E-state index in [-0.39, 0.29) is 6.04 Å². The predicted molar refractivity (Wildman–Crippen MR) is 100 cm³/mol. The standard InChI is InChI=1S/C18H22ClFN4O3/c1-26-12-8-14-13(15(19)10-22-17(14)16(20)9-12)4-7-24-5-2-11(3-6-24)23-27-18(21)25/h8-11,23H,2-7H2,1H3,(H2,21,25). The summed E-state index contributed by atoms with van der Waals surface area (Å²) in [7, 11) is 1.50. The number of primary amides is 1. The zero-order valence-corrected chi connectivity index (χ0v) is 15.8. The maximum absolute atomic E-state index is 14.3. The second kappa shape index (κ2) is 8.69. The molecule has 7 nitrogen and oxygen atoms in total. The van der Waals surface area contributed by atoms with Gasteiger partial charge in [-0.25, -0.2) is 9.18 Å². The maximum Gasteiger partial charge on any atom is 0.423 e. The average Bonchev–Trinajstić information content (AvgIpc) is 2.66.